The van der Waals surface area contributed by atoms with Crippen LogP contribution in [0.2, 0.25) is 0 Å². The Balaban J connectivity index is 1.49. The van der Waals surface area contributed by atoms with E-state index in [-0.39, 0.29) is 5.91 Å². The van der Waals surface area contributed by atoms with E-state index < -0.39 is 0 Å². The second-order valence-corrected chi connectivity index (χ2v) is 6.89. The first-order valence-electron chi connectivity index (χ1n) is 9.08. The Hall–Kier alpha value is -2.79. The molecule has 1 aliphatic rings. The highest BCUT2D eigenvalue weighted by molar-refractivity contribution is 5.98. The smallest absolute Gasteiger partial charge is 0.228 e. The van der Waals surface area contributed by atoms with Gasteiger partial charge >= 0.3 is 0 Å². The van der Waals surface area contributed by atoms with Gasteiger partial charge in [0.05, 0.1) is 17.8 Å². The van der Waals surface area contributed by atoms with Gasteiger partial charge in [0.15, 0.2) is 0 Å². The van der Waals surface area contributed by atoms with Crippen LogP contribution >= 0.6 is 0 Å². The fourth-order valence-corrected chi connectivity index (χ4v) is 3.55. The van der Waals surface area contributed by atoms with Gasteiger partial charge in [-0.15, -0.1) is 0 Å². The van der Waals surface area contributed by atoms with E-state index in [2.05, 4.69) is 33.2 Å². The fraction of sp³-hybridized carbons (Fsp3) is 0.286. The molecule has 0 radical (unpaired) electrons. The third kappa shape index (κ3) is 3.44. The molecule has 1 aromatic heterocycles. The van der Waals surface area contributed by atoms with Crippen LogP contribution in [0.25, 0.3) is 10.9 Å². The Morgan fingerprint density at radius 2 is 1.77 bits per heavy atom. The number of aromatic nitrogens is 1. The van der Waals surface area contributed by atoms with Gasteiger partial charge in [-0.1, -0.05) is 30.3 Å². The lowest BCUT2D eigenvalue weighted by Crippen LogP contribution is -2.44. The number of para-hydroxylation sites is 3. The first kappa shape index (κ1) is 16.7. The Kier molecular flexibility index (Phi) is 4.63. The van der Waals surface area contributed by atoms with Gasteiger partial charge in [-0.2, -0.15) is 0 Å². The zero-order chi connectivity index (χ0) is 17.9. The summed E-state index contributed by atoms with van der Waals surface area (Å²) in [4.78, 5) is 20.6. The van der Waals surface area contributed by atoms with Crippen molar-refractivity contribution in [2.24, 2.45) is 0 Å². The molecule has 5 nitrogen and oxygen atoms in total. The second-order valence-electron chi connectivity index (χ2n) is 6.89. The number of carbonyl (C=O) groups is 1. The van der Waals surface area contributed by atoms with Crippen molar-refractivity contribution in [1.29, 1.82) is 0 Å². The molecular formula is C21H24N4O. The summed E-state index contributed by atoms with van der Waals surface area (Å²) in [6.07, 6.45) is 2.29. The van der Waals surface area contributed by atoms with E-state index in [0.717, 1.165) is 54.0 Å². The lowest BCUT2D eigenvalue weighted by atomic mass is 10.1. The molecule has 0 saturated carbocycles. The van der Waals surface area contributed by atoms with Gasteiger partial charge in [0, 0.05) is 43.3 Å². The van der Waals surface area contributed by atoms with Crippen LogP contribution in [-0.4, -0.2) is 49.0 Å². The summed E-state index contributed by atoms with van der Waals surface area (Å²) < 4.78 is 0. The molecule has 2 N–H and O–H groups in total. The summed E-state index contributed by atoms with van der Waals surface area (Å²) in [6.45, 7) is 4.03. The number of benzene rings is 2. The van der Waals surface area contributed by atoms with Gasteiger partial charge in [-0.05, 0) is 30.8 Å². The number of hydrogen-bond acceptors (Lipinski definition) is 3. The standard InChI is InChI=1S/C21H24N4O/c1-24-10-12-25(13-11-24)20-9-5-4-8-19(20)23-21(26)14-16-15-22-18-7-3-2-6-17(16)18/h2-9,15,22H,10-14H2,1H3,(H,23,26). The summed E-state index contributed by atoms with van der Waals surface area (Å²) >= 11 is 0. The van der Waals surface area contributed by atoms with E-state index in [1.807, 2.05) is 48.7 Å². The van der Waals surface area contributed by atoms with Crippen molar-refractivity contribution in [3.05, 3.63) is 60.3 Å². The van der Waals surface area contributed by atoms with Crippen LogP contribution in [0, 0.1) is 0 Å². The zero-order valence-corrected chi connectivity index (χ0v) is 15.0. The van der Waals surface area contributed by atoms with Crippen LogP contribution in [0.5, 0.6) is 0 Å². The van der Waals surface area contributed by atoms with Crippen LogP contribution in [-0.2, 0) is 11.2 Å². The van der Waals surface area contributed by atoms with E-state index in [1.165, 1.54) is 0 Å². The maximum Gasteiger partial charge on any atom is 0.228 e. The number of nitrogens with zero attached hydrogens (tertiary/aromatic N) is 2. The maximum absolute atomic E-state index is 12.7. The van der Waals surface area contributed by atoms with Crippen LogP contribution in [0.15, 0.2) is 54.7 Å². The Morgan fingerprint density at radius 1 is 1.04 bits per heavy atom. The Labute approximate surface area is 153 Å². The SMILES string of the molecule is CN1CCN(c2ccccc2NC(=O)Cc2c[nH]c3ccccc23)CC1. The topological polar surface area (TPSA) is 51.4 Å². The minimum absolute atomic E-state index is 0.0105. The second kappa shape index (κ2) is 7.22. The molecule has 0 unspecified atom stereocenters. The molecule has 1 aliphatic heterocycles. The number of piperazine rings is 1. The van der Waals surface area contributed by atoms with Crippen molar-refractivity contribution < 1.29 is 4.79 Å². The van der Waals surface area contributed by atoms with E-state index in [1.54, 1.807) is 0 Å². The predicted octanol–water partition coefficient (Wildman–Crippen LogP) is 3.10. The molecule has 0 aliphatic carbocycles. The summed E-state index contributed by atoms with van der Waals surface area (Å²) in [5, 5.41) is 4.22. The van der Waals surface area contributed by atoms with Crippen LogP contribution < -0.4 is 10.2 Å². The van der Waals surface area contributed by atoms with Crippen molar-refractivity contribution in [2.45, 2.75) is 6.42 Å². The predicted molar refractivity (Wildman–Crippen MR) is 107 cm³/mol. The van der Waals surface area contributed by atoms with E-state index >= 15 is 0 Å². The van der Waals surface area contributed by atoms with Gasteiger partial charge in [0.2, 0.25) is 5.91 Å². The van der Waals surface area contributed by atoms with Crippen LogP contribution in [0.4, 0.5) is 11.4 Å². The summed E-state index contributed by atoms with van der Waals surface area (Å²) in [5.74, 6) is 0.0105. The zero-order valence-electron chi connectivity index (χ0n) is 15.0. The van der Waals surface area contributed by atoms with E-state index in [0.29, 0.717) is 6.42 Å². The Morgan fingerprint density at radius 3 is 2.62 bits per heavy atom. The van der Waals surface area contributed by atoms with Gasteiger partial charge in [0.1, 0.15) is 0 Å². The van der Waals surface area contributed by atoms with Gasteiger partial charge < -0.3 is 20.1 Å². The molecular weight excluding hydrogens is 324 g/mol. The van der Waals surface area contributed by atoms with Crippen molar-refractivity contribution in [3.8, 4) is 0 Å². The number of aromatic amines is 1. The average molecular weight is 348 g/mol. The molecule has 26 heavy (non-hydrogen) atoms. The molecule has 0 bridgehead atoms. The summed E-state index contributed by atoms with van der Waals surface area (Å²) in [7, 11) is 2.15. The Bertz CT molecular complexity index is 909. The van der Waals surface area contributed by atoms with Crippen molar-refractivity contribution in [1.82, 2.24) is 9.88 Å². The minimum atomic E-state index is 0.0105. The van der Waals surface area contributed by atoms with Crippen molar-refractivity contribution >= 4 is 28.2 Å². The summed E-state index contributed by atoms with van der Waals surface area (Å²) in [6, 6.07) is 16.2. The van der Waals surface area contributed by atoms with Gasteiger partial charge in [-0.25, -0.2) is 0 Å². The highest BCUT2D eigenvalue weighted by atomic mass is 16.1. The average Bonchev–Trinajstić information content (AvgIpc) is 3.06. The number of rotatable bonds is 4. The molecule has 3 aromatic rings. The molecule has 2 aromatic carbocycles. The number of anilines is 2. The lowest BCUT2D eigenvalue weighted by Gasteiger charge is -2.35. The van der Waals surface area contributed by atoms with Gasteiger partial charge in [0.25, 0.3) is 0 Å². The summed E-state index contributed by atoms with van der Waals surface area (Å²) in [5.41, 5.74) is 4.08. The fourth-order valence-electron chi connectivity index (χ4n) is 3.55. The highest BCUT2D eigenvalue weighted by Gasteiger charge is 2.18. The number of nitrogens with one attached hydrogen (secondary N) is 2. The quantitative estimate of drug-likeness (QED) is 0.762. The number of H-pyrrole nitrogens is 1. The van der Waals surface area contributed by atoms with Crippen LogP contribution in [0.3, 0.4) is 0 Å². The molecule has 1 amide bonds. The normalized spacial score (nSPS) is 15.3. The molecule has 0 spiro atoms. The molecule has 1 fully saturated rings. The molecule has 0 atom stereocenters. The monoisotopic (exact) mass is 348 g/mol. The molecule has 4 rings (SSSR count). The first-order valence-corrected chi connectivity index (χ1v) is 9.08. The molecule has 134 valence electrons. The number of hydrogen-bond donors (Lipinski definition) is 2. The molecule has 1 saturated heterocycles. The number of likely N-dealkylation sites (N-methyl/N-ethyl adjacent to an activating group) is 1. The highest BCUT2D eigenvalue weighted by Crippen LogP contribution is 2.27. The number of fused-ring (bicyclic) bond motifs is 1. The molecule has 5 heteroatoms. The maximum atomic E-state index is 12.7. The molecule has 2 heterocycles. The van der Waals surface area contributed by atoms with Crippen LogP contribution in [0.1, 0.15) is 5.56 Å². The largest absolute Gasteiger partial charge is 0.367 e. The lowest BCUT2D eigenvalue weighted by molar-refractivity contribution is -0.115. The van der Waals surface area contributed by atoms with Crippen molar-refractivity contribution in [2.75, 3.05) is 43.4 Å². The van der Waals surface area contributed by atoms with Gasteiger partial charge in [-0.3, -0.25) is 4.79 Å². The third-order valence-corrected chi connectivity index (χ3v) is 5.05. The van der Waals surface area contributed by atoms with E-state index in [4.69, 9.17) is 0 Å². The third-order valence-electron chi connectivity index (χ3n) is 5.05. The number of carbonyl (C=O) groups excluding carboxylic acids is 1. The van der Waals surface area contributed by atoms with Crippen molar-refractivity contribution in [3.63, 3.8) is 0 Å². The van der Waals surface area contributed by atoms with E-state index in [9.17, 15) is 4.79 Å². The first-order chi connectivity index (χ1) is 12.7. The minimum Gasteiger partial charge on any atom is -0.367 e. The number of amides is 1.